The van der Waals surface area contributed by atoms with Gasteiger partial charge in [0.15, 0.2) is 11.4 Å². The van der Waals surface area contributed by atoms with E-state index in [1.165, 1.54) is 9.47 Å². The van der Waals surface area contributed by atoms with Crippen LogP contribution in [0.25, 0.3) is 0 Å². The van der Waals surface area contributed by atoms with Gasteiger partial charge < -0.3 is 19.9 Å². The maximum absolute atomic E-state index is 13.8. The summed E-state index contributed by atoms with van der Waals surface area (Å²) < 4.78 is 41.9. The number of nitrogens with one attached hydrogen (secondary N) is 1. The first kappa shape index (κ1) is 22.4. The lowest BCUT2D eigenvalue weighted by atomic mass is 10.0. The standard InChI is InChI=1S/C21H22F3N3O4/c1-3-4-5-12-9-27-10-14(18(28)19(29)17(27)21(31)26(12)2)20(30)25-8-13-15(23)6-11(22)7-16(13)24/h6-7,10,12,29H,3-5,8-9H2,1-2H3,(H,25,30)/t12-/m0/s1. The number of benzene rings is 1. The summed E-state index contributed by atoms with van der Waals surface area (Å²) in [6.45, 7) is 1.64. The van der Waals surface area contributed by atoms with Gasteiger partial charge in [-0.3, -0.25) is 14.4 Å². The molecule has 3 rings (SSSR count). The van der Waals surface area contributed by atoms with E-state index in [4.69, 9.17) is 0 Å². The summed E-state index contributed by atoms with van der Waals surface area (Å²) in [7, 11) is 1.59. The third kappa shape index (κ3) is 4.28. The molecule has 0 unspecified atom stereocenters. The fourth-order valence-corrected chi connectivity index (χ4v) is 3.59. The number of hydrogen-bond donors (Lipinski definition) is 2. The second-order valence-corrected chi connectivity index (χ2v) is 7.46. The molecule has 1 aromatic carbocycles. The average molecular weight is 437 g/mol. The molecular weight excluding hydrogens is 415 g/mol. The molecule has 0 radical (unpaired) electrons. The van der Waals surface area contributed by atoms with Crippen LogP contribution in [0.15, 0.2) is 23.1 Å². The zero-order valence-corrected chi connectivity index (χ0v) is 17.0. The van der Waals surface area contributed by atoms with Crippen molar-refractivity contribution in [1.82, 2.24) is 14.8 Å². The molecule has 2 heterocycles. The van der Waals surface area contributed by atoms with Crippen LogP contribution in [0, 0.1) is 17.5 Å². The molecule has 2 N–H and O–H groups in total. The third-order valence-corrected chi connectivity index (χ3v) is 5.40. The number of likely N-dealkylation sites (N-methyl/N-ethyl adjacent to an activating group) is 1. The van der Waals surface area contributed by atoms with Gasteiger partial charge in [-0.15, -0.1) is 0 Å². The molecule has 166 valence electrons. The maximum Gasteiger partial charge on any atom is 0.274 e. The number of carbonyl (C=O) groups excluding carboxylic acids is 2. The minimum absolute atomic E-state index is 0.180. The first-order valence-corrected chi connectivity index (χ1v) is 9.80. The van der Waals surface area contributed by atoms with Gasteiger partial charge in [-0.2, -0.15) is 0 Å². The van der Waals surface area contributed by atoms with Gasteiger partial charge in [0.05, 0.1) is 0 Å². The summed E-state index contributed by atoms with van der Waals surface area (Å²) in [5.41, 5.74) is -2.34. The Bertz CT molecular complexity index is 1080. The SMILES string of the molecule is CCCC[C@H]1Cn2cc(C(=O)NCc3c(F)cc(F)cc3F)c(=O)c(O)c2C(=O)N1C. The van der Waals surface area contributed by atoms with Crippen LogP contribution in [-0.4, -0.2) is 39.5 Å². The van der Waals surface area contributed by atoms with E-state index in [2.05, 4.69) is 5.32 Å². The summed E-state index contributed by atoms with van der Waals surface area (Å²) in [6, 6.07) is 0.769. The topological polar surface area (TPSA) is 91.6 Å². The predicted molar refractivity (Wildman–Crippen MR) is 105 cm³/mol. The van der Waals surface area contributed by atoms with Crippen molar-refractivity contribution in [2.75, 3.05) is 7.05 Å². The third-order valence-electron chi connectivity index (χ3n) is 5.40. The lowest BCUT2D eigenvalue weighted by Crippen LogP contribution is -2.47. The smallest absolute Gasteiger partial charge is 0.274 e. The van der Waals surface area contributed by atoms with E-state index in [0.29, 0.717) is 18.6 Å². The highest BCUT2D eigenvalue weighted by atomic mass is 19.1. The van der Waals surface area contributed by atoms with Crippen LogP contribution in [0.3, 0.4) is 0 Å². The van der Waals surface area contributed by atoms with Crippen LogP contribution < -0.4 is 10.7 Å². The molecule has 7 nitrogen and oxygen atoms in total. The van der Waals surface area contributed by atoms with E-state index in [9.17, 15) is 32.7 Å². The zero-order valence-electron chi connectivity index (χ0n) is 17.0. The fraction of sp³-hybridized carbons (Fsp3) is 0.381. The highest BCUT2D eigenvalue weighted by Gasteiger charge is 2.34. The van der Waals surface area contributed by atoms with Crippen molar-refractivity contribution in [2.45, 2.75) is 45.3 Å². The Labute approximate surface area is 176 Å². The number of amides is 2. The molecule has 1 aromatic heterocycles. The number of carbonyl (C=O) groups is 2. The van der Waals surface area contributed by atoms with Gasteiger partial charge in [0.25, 0.3) is 11.8 Å². The Hall–Kier alpha value is -3.30. The van der Waals surface area contributed by atoms with Crippen LogP contribution in [0.1, 0.15) is 52.6 Å². The lowest BCUT2D eigenvalue weighted by molar-refractivity contribution is 0.0633. The van der Waals surface area contributed by atoms with Gasteiger partial charge in [-0.25, -0.2) is 13.2 Å². The second-order valence-electron chi connectivity index (χ2n) is 7.46. The Morgan fingerprint density at radius 1 is 1.23 bits per heavy atom. The summed E-state index contributed by atoms with van der Waals surface area (Å²) >= 11 is 0. The minimum atomic E-state index is -1.18. The molecular formula is C21H22F3N3O4. The molecule has 0 spiro atoms. The van der Waals surface area contributed by atoms with Crippen molar-refractivity contribution >= 4 is 11.8 Å². The van der Waals surface area contributed by atoms with E-state index >= 15 is 0 Å². The monoisotopic (exact) mass is 437 g/mol. The Morgan fingerprint density at radius 3 is 2.48 bits per heavy atom. The van der Waals surface area contributed by atoms with Crippen LogP contribution in [0.2, 0.25) is 0 Å². The van der Waals surface area contributed by atoms with Gasteiger partial charge in [-0.1, -0.05) is 19.8 Å². The normalized spacial score (nSPS) is 15.7. The van der Waals surface area contributed by atoms with Crippen molar-refractivity contribution in [3.63, 3.8) is 0 Å². The molecule has 0 fully saturated rings. The van der Waals surface area contributed by atoms with Crippen LogP contribution in [0.4, 0.5) is 13.2 Å². The van der Waals surface area contributed by atoms with Crippen LogP contribution >= 0.6 is 0 Å². The van der Waals surface area contributed by atoms with Gasteiger partial charge in [0.1, 0.15) is 23.0 Å². The summed E-state index contributed by atoms with van der Waals surface area (Å²) in [5.74, 6) is -5.86. The Morgan fingerprint density at radius 2 is 1.87 bits per heavy atom. The number of nitrogens with zero attached hydrogens (tertiary/aromatic N) is 2. The second kappa shape index (κ2) is 8.83. The molecule has 0 saturated carbocycles. The quantitative estimate of drug-likeness (QED) is 0.727. The summed E-state index contributed by atoms with van der Waals surface area (Å²) in [5, 5.41) is 12.5. The van der Waals surface area contributed by atoms with Crippen LogP contribution in [0.5, 0.6) is 5.75 Å². The summed E-state index contributed by atoms with van der Waals surface area (Å²) in [4.78, 5) is 39.1. The average Bonchev–Trinajstić information content (AvgIpc) is 2.70. The van der Waals surface area contributed by atoms with Gasteiger partial charge in [0.2, 0.25) is 5.43 Å². The van der Waals surface area contributed by atoms with Crippen LogP contribution in [-0.2, 0) is 13.1 Å². The first-order valence-electron chi connectivity index (χ1n) is 9.80. The van der Waals surface area contributed by atoms with E-state index in [1.54, 1.807) is 7.05 Å². The number of hydrogen-bond acceptors (Lipinski definition) is 4. The molecule has 2 amide bonds. The molecule has 1 aliphatic rings. The van der Waals surface area contributed by atoms with Gasteiger partial charge >= 0.3 is 0 Å². The summed E-state index contributed by atoms with van der Waals surface area (Å²) in [6.07, 6.45) is 3.65. The number of pyridine rings is 1. The number of halogens is 3. The van der Waals surface area contributed by atoms with Gasteiger partial charge in [-0.05, 0) is 6.42 Å². The molecule has 0 saturated heterocycles. The molecule has 0 bridgehead atoms. The Kier molecular flexibility index (Phi) is 6.37. The molecule has 10 heteroatoms. The van der Waals surface area contributed by atoms with E-state index < -0.39 is 58.1 Å². The molecule has 1 aliphatic heterocycles. The highest BCUT2D eigenvalue weighted by Crippen LogP contribution is 2.25. The highest BCUT2D eigenvalue weighted by molar-refractivity contribution is 5.99. The van der Waals surface area contributed by atoms with Crippen molar-refractivity contribution in [1.29, 1.82) is 0 Å². The van der Waals surface area contributed by atoms with E-state index in [1.807, 2.05) is 6.92 Å². The van der Waals surface area contributed by atoms with Crippen molar-refractivity contribution in [2.24, 2.45) is 0 Å². The lowest BCUT2D eigenvalue weighted by Gasteiger charge is -2.35. The molecule has 1 atom stereocenters. The fourth-order valence-electron chi connectivity index (χ4n) is 3.59. The maximum atomic E-state index is 13.8. The number of rotatable bonds is 6. The van der Waals surface area contributed by atoms with Crippen molar-refractivity contribution in [3.8, 4) is 5.75 Å². The molecule has 0 aliphatic carbocycles. The van der Waals surface area contributed by atoms with E-state index in [-0.39, 0.29) is 18.3 Å². The molecule has 31 heavy (non-hydrogen) atoms. The first-order chi connectivity index (χ1) is 14.6. The zero-order chi connectivity index (χ0) is 22.9. The Balaban J connectivity index is 1.89. The van der Waals surface area contributed by atoms with E-state index in [0.717, 1.165) is 19.0 Å². The number of unbranched alkanes of at least 4 members (excludes halogenated alkanes) is 1. The number of aromatic nitrogens is 1. The largest absolute Gasteiger partial charge is 0.503 e. The predicted octanol–water partition coefficient (Wildman–Crippen LogP) is 2.55. The minimum Gasteiger partial charge on any atom is -0.503 e. The number of fused-ring (bicyclic) bond motifs is 1. The van der Waals surface area contributed by atoms with Crippen molar-refractivity contribution < 1.29 is 27.9 Å². The van der Waals surface area contributed by atoms with Crippen molar-refractivity contribution in [3.05, 3.63) is 62.8 Å². The van der Waals surface area contributed by atoms with Gasteiger partial charge in [0, 0.05) is 50.1 Å². The number of aromatic hydroxyl groups is 1. The molecule has 2 aromatic rings.